The Bertz CT molecular complexity index is 258. The summed E-state index contributed by atoms with van der Waals surface area (Å²) in [6, 6.07) is 3.89. The second-order valence-corrected chi connectivity index (χ2v) is 4.72. The van der Waals surface area contributed by atoms with E-state index in [1.165, 1.54) is 23.5 Å². The number of hydrogen-bond acceptors (Lipinski definition) is 3. The van der Waals surface area contributed by atoms with Gasteiger partial charge in [-0.3, -0.25) is 0 Å². The van der Waals surface area contributed by atoms with Crippen molar-refractivity contribution >= 4 is 17.6 Å². The SMILES string of the molecule is CCCC(C)CSc1ccc(N)nc1. The van der Waals surface area contributed by atoms with E-state index in [4.69, 9.17) is 5.73 Å². The number of rotatable bonds is 5. The van der Waals surface area contributed by atoms with Crippen LogP contribution in [0.25, 0.3) is 0 Å². The van der Waals surface area contributed by atoms with Crippen LogP contribution in [0.1, 0.15) is 26.7 Å². The van der Waals surface area contributed by atoms with E-state index in [1.807, 2.05) is 30.1 Å². The lowest BCUT2D eigenvalue weighted by Gasteiger charge is -2.08. The zero-order chi connectivity index (χ0) is 10.4. The molecule has 1 atom stereocenters. The van der Waals surface area contributed by atoms with E-state index in [0.717, 1.165) is 5.92 Å². The van der Waals surface area contributed by atoms with Crippen LogP contribution in [0, 0.1) is 5.92 Å². The summed E-state index contributed by atoms with van der Waals surface area (Å²) < 4.78 is 0. The van der Waals surface area contributed by atoms with Crippen LogP contribution in [0.5, 0.6) is 0 Å². The first-order valence-electron chi connectivity index (χ1n) is 5.06. The summed E-state index contributed by atoms with van der Waals surface area (Å²) in [6.07, 6.45) is 4.41. The van der Waals surface area contributed by atoms with Crippen molar-refractivity contribution in [3.63, 3.8) is 0 Å². The molecule has 0 fully saturated rings. The average molecular weight is 210 g/mol. The summed E-state index contributed by atoms with van der Waals surface area (Å²) in [7, 11) is 0. The van der Waals surface area contributed by atoms with Crippen molar-refractivity contribution in [1.29, 1.82) is 0 Å². The third-order valence-corrected chi connectivity index (χ3v) is 3.39. The Morgan fingerprint density at radius 2 is 2.29 bits per heavy atom. The van der Waals surface area contributed by atoms with Crippen LogP contribution in [-0.4, -0.2) is 10.7 Å². The Hall–Kier alpha value is -0.700. The zero-order valence-corrected chi connectivity index (χ0v) is 9.68. The minimum Gasteiger partial charge on any atom is -0.384 e. The number of aromatic nitrogens is 1. The molecule has 1 aromatic rings. The maximum atomic E-state index is 5.51. The smallest absolute Gasteiger partial charge is 0.123 e. The van der Waals surface area contributed by atoms with Gasteiger partial charge in [-0.25, -0.2) is 4.98 Å². The molecule has 0 aliphatic rings. The second kappa shape index (κ2) is 5.91. The van der Waals surface area contributed by atoms with Crippen LogP contribution in [0.4, 0.5) is 5.82 Å². The van der Waals surface area contributed by atoms with Gasteiger partial charge >= 0.3 is 0 Å². The van der Waals surface area contributed by atoms with Crippen LogP contribution in [-0.2, 0) is 0 Å². The van der Waals surface area contributed by atoms with Gasteiger partial charge in [0.05, 0.1) is 0 Å². The molecular formula is C11H18N2S. The third-order valence-electron chi connectivity index (χ3n) is 2.08. The number of nitrogen functional groups attached to an aromatic ring is 1. The highest BCUT2D eigenvalue weighted by Gasteiger charge is 2.01. The van der Waals surface area contributed by atoms with Crippen molar-refractivity contribution in [3.05, 3.63) is 18.3 Å². The number of nitrogens with zero attached hydrogens (tertiary/aromatic N) is 1. The highest BCUT2D eigenvalue weighted by molar-refractivity contribution is 7.99. The Balaban J connectivity index is 2.34. The van der Waals surface area contributed by atoms with Crippen molar-refractivity contribution in [2.75, 3.05) is 11.5 Å². The molecule has 0 saturated heterocycles. The van der Waals surface area contributed by atoms with Gasteiger partial charge in [0, 0.05) is 16.8 Å². The molecule has 0 spiro atoms. The van der Waals surface area contributed by atoms with E-state index >= 15 is 0 Å². The fourth-order valence-electron chi connectivity index (χ4n) is 1.29. The highest BCUT2D eigenvalue weighted by atomic mass is 32.2. The molecule has 0 saturated carbocycles. The molecule has 0 amide bonds. The van der Waals surface area contributed by atoms with E-state index in [9.17, 15) is 0 Å². The van der Waals surface area contributed by atoms with Gasteiger partial charge in [0.15, 0.2) is 0 Å². The quantitative estimate of drug-likeness (QED) is 0.759. The van der Waals surface area contributed by atoms with Crippen molar-refractivity contribution in [2.24, 2.45) is 5.92 Å². The molecule has 0 radical (unpaired) electrons. The average Bonchev–Trinajstić information content (AvgIpc) is 2.17. The molecule has 1 aromatic heterocycles. The Kier molecular flexibility index (Phi) is 4.80. The van der Waals surface area contributed by atoms with Crippen LogP contribution >= 0.6 is 11.8 Å². The Morgan fingerprint density at radius 3 is 2.86 bits per heavy atom. The van der Waals surface area contributed by atoms with Gasteiger partial charge in [0.1, 0.15) is 5.82 Å². The van der Waals surface area contributed by atoms with E-state index in [-0.39, 0.29) is 0 Å². The summed E-state index contributed by atoms with van der Waals surface area (Å²) in [5, 5.41) is 0. The van der Waals surface area contributed by atoms with Crippen molar-refractivity contribution in [3.8, 4) is 0 Å². The van der Waals surface area contributed by atoms with Gasteiger partial charge in [0.25, 0.3) is 0 Å². The largest absolute Gasteiger partial charge is 0.384 e. The fourth-order valence-corrected chi connectivity index (χ4v) is 2.23. The summed E-state index contributed by atoms with van der Waals surface area (Å²) in [6.45, 7) is 4.52. The topological polar surface area (TPSA) is 38.9 Å². The zero-order valence-electron chi connectivity index (χ0n) is 8.86. The van der Waals surface area contributed by atoms with Gasteiger partial charge in [-0.2, -0.15) is 0 Å². The van der Waals surface area contributed by atoms with Gasteiger partial charge in [-0.15, -0.1) is 11.8 Å². The molecule has 0 aliphatic carbocycles. The first kappa shape index (κ1) is 11.4. The molecule has 1 heterocycles. The molecule has 0 bridgehead atoms. The molecule has 0 aromatic carbocycles. The highest BCUT2D eigenvalue weighted by Crippen LogP contribution is 2.22. The lowest BCUT2D eigenvalue weighted by molar-refractivity contribution is 0.585. The monoisotopic (exact) mass is 210 g/mol. The van der Waals surface area contributed by atoms with Crippen LogP contribution in [0.3, 0.4) is 0 Å². The first-order valence-corrected chi connectivity index (χ1v) is 6.05. The van der Waals surface area contributed by atoms with Crippen LogP contribution in [0.15, 0.2) is 23.2 Å². The molecule has 1 rings (SSSR count). The Labute approximate surface area is 90.3 Å². The second-order valence-electron chi connectivity index (χ2n) is 3.62. The van der Waals surface area contributed by atoms with Gasteiger partial charge in [0.2, 0.25) is 0 Å². The Morgan fingerprint density at radius 1 is 1.50 bits per heavy atom. The fraction of sp³-hybridized carbons (Fsp3) is 0.545. The summed E-state index contributed by atoms with van der Waals surface area (Å²) in [5.74, 6) is 2.54. The summed E-state index contributed by atoms with van der Waals surface area (Å²) in [4.78, 5) is 5.27. The maximum Gasteiger partial charge on any atom is 0.123 e. The molecular weight excluding hydrogens is 192 g/mol. The minimum absolute atomic E-state index is 0.593. The predicted octanol–water partition coefficient (Wildman–Crippen LogP) is 3.19. The summed E-state index contributed by atoms with van der Waals surface area (Å²) in [5.41, 5.74) is 5.51. The number of nitrogens with two attached hydrogens (primary N) is 1. The van der Waals surface area contributed by atoms with E-state index in [0.29, 0.717) is 5.82 Å². The molecule has 14 heavy (non-hydrogen) atoms. The van der Waals surface area contributed by atoms with Crippen LogP contribution < -0.4 is 5.73 Å². The van der Waals surface area contributed by atoms with E-state index in [2.05, 4.69) is 18.8 Å². The molecule has 1 unspecified atom stereocenters. The minimum atomic E-state index is 0.593. The molecule has 0 aliphatic heterocycles. The molecule has 78 valence electrons. The van der Waals surface area contributed by atoms with Gasteiger partial charge in [-0.05, 0) is 18.1 Å². The lowest BCUT2D eigenvalue weighted by atomic mass is 10.1. The van der Waals surface area contributed by atoms with Crippen molar-refractivity contribution in [1.82, 2.24) is 4.98 Å². The van der Waals surface area contributed by atoms with Crippen LogP contribution in [0.2, 0.25) is 0 Å². The number of anilines is 1. The van der Waals surface area contributed by atoms with Crippen molar-refractivity contribution < 1.29 is 0 Å². The first-order chi connectivity index (χ1) is 6.72. The molecule has 3 heteroatoms. The number of pyridine rings is 1. The lowest BCUT2D eigenvalue weighted by Crippen LogP contribution is -1.97. The number of thioether (sulfide) groups is 1. The van der Waals surface area contributed by atoms with E-state index in [1.54, 1.807) is 0 Å². The molecule has 2 nitrogen and oxygen atoms in total. The predicted molar refractivity (Wildman–Crippen MR) is 63.4 cm³/mol. The van der Waals surface area contributed by atoms with Gasteiger partial charge in [-0.1, -0.05) is 26.7 Å². The standard InChI is InChI=1S/C11H18N2S/c1-3-4-9(2)8-14-10-5-6-11(12)13-7-10/h5-7,9H,3-4,8H2,1-2H3,(H2,12,13). The van der Waals surface area contributed by atoms with E-state index < -0.39 is 0 Å². The normalized spacial score (nSPS) is 12.7. The number of hydrogen-bond donors (Lipinski definition) is 1. The summed E-state index contributed by atoms with van der Waals surface area (Å²) >= 11 is 1.86. The maximum absolute atomic E-state index is 5.51. The third kappa shape index (κ3) is 4.01. The molecule has 2 N–H and O–H groups in total. The van der Waals surface area contributed by atoms with Crippen molar-refractivity contribution in [2.45, 2.75) is 31.6 Å². The van der Waals surface area contributed by atoms with Gasteiger partial charge < -0.3 is 5.73 Å².